The van der Waals surface area contributed by atoms with Gasteiger partial charge in [0, 0.05) is 14.5 Å². The molecule has 1 heterocycles. The van der Waals surface area contributed by atoms with E-state index in [9.17, 15) is 0 Å². The molecule has 1 aliphatic rings. The first-order chi connectivity index (χ1) is 6.47. The minimum atomic E-state index is -0.611. The number of benzene rings is 1. The lowest BCUT2D eigenvalue weighted by molar-refractivity contribution is 0.357. The monoisotopic (exact) mass is 208 g/mol. The summed E-state index contributed by atoms with van der Waals surface area (Å²) >= 11 is 0. The van der Waals surface area contributed by atoms with E-state index in [4.69, 9.17) is 4.74 Å². The standard InChI is InChI=1S/C8H8O.C4H12Si/c1-2-4-8-7(3-1)5-6-9-8;1-5(2,3)4/h1-4H,5-6H2;1-4H3. The van der Waals surface area contributed by atoms with Crippen LogP contribution in [0.25, 0.3) is 0 Å². The van der Waals surface area contributed by atoms with E-state index in [1.54, 1.807) is 0 Å². The van der Waals surface area contributed by atoms with Crippen LogP contribution in [0.2, 0.25) is 26.2 Å². The molecule has 0 atom stereocenters. The highest BCUT2D eigenvalue weighted by atomic mass is 28.3. The molecule has 1 aromatic rings. The summed E-state index contributed by atoms with van der Waals surface area (Å²) in [6.07, 6.45) is 1.08. The van der Waals surface area contributed by atoms with E-state index in [1.165, 1.54) is 5.56 Å². The van der Waals surface area contributed by atoms with Gasteiger partial charge in [0.25, 0.3) is 0 Å². The summed E-state index contributed by atoms with van der Waals surface area (Å²) in [5.74, 6) is 1.07. The summed E-state index contributed by atoms with van der Waals surface area (Å²) in [7, 11) is -0.611. The predicted molar refractivity (Wildman–Crippen MR) is 64.9 cm³/mol. The molecule has 0 saturated heterocycles. The second-order valence-electron chi connectivity index (χ2n) is 5.21. The van der Waals surface area contributed by atoms with Gasteiger partial charge in [-0.05, 0) is 11.6 Å². The third-order valence-corrected chi connectivity index (χ3v) is 1.60. The quantitative estimate of drug-likeness (QED) is 0.592. The van der Waals surface area contributed by atoms with Crippen molar-refractivity contribution in [1.29, 1.82) is 0 Å². The van der Waals surface area contributed by atoms with Gasteiger partial charge in [-0.2, -0.15) is 0 Å². The molecule has 0 radical (unpaired) electrons. The lowest BCUT2D eigenvalue weighted by Gasteiger charge is -2.01. The highest BCUT2D eigenvalue weighted by molar-refractivity contribution is 6.74. The fraction of sp³-hybridized carbons (Fsp3) is 0.500. The topological polar surface area (TPSA) is 9.23 Å². The first kappa shape index (κ1) is 11.3. The second-order valence-corrected chi connectivity index (χ2v) is 11.2. The van der Waals surface area contributed by atoms with Crippen LogP contribution in [0.5, 0.6) is 5.75 Å². The third-order valence-electron chi connectivity index (χ3n) is 1.60. The molecule has 0 fully saturated rings. The van der Waals surface area contributed by atoms with Crippen molar-refractivity contribution in [3.63, 3.8) is 0 Å². The third kappa shape index (κ3) is 4.47. The largest absolute Gasteiger partial charge is 0.493 e. The van der Waals surface area contributed by atoms with Crippen LogP contribution in [-0.4, -0.2) is 14.7 Å². The van der Waals surface area contributed by atoms with Crippen LogP contribution >= 0.6 is 0 Å². The summed E-state index contributed by atoms with van der Waals surface area (Å²) in [5, 5.41) is 0. The molecular weight excluding hydrogens is 188 g/mol. The molecule has 78 valence electrons. The lowest BCUT2D eigenvalue weighted by atomic mass is 10.2. The molecule has 0 saturated carbocycles. The summed E-state index contributed by atoms with van der Waals surface area (Å²) in [5.41, 5.74) is 1.34. The predicted octanol–water partition coefficient (Wildman–Crippen LogP) is 3.58. The normalized spacial score (nSPS) is 13.7. The van der Waals surface area contributed by atoms with Gasteiger partial charge < -0.3 is 4.74 Å². The number of rotatable bonds is 0. The first-order valence-electron chi connectivity index (χ1n) is 5.17. The molecule has 2 heteroatoms. The molecule has 1 nitrogen and oxygen atoms in total. The van der Waals surface area contributed by atoms with Crippen molar-refractivity contribution in [3.05, 3.63) is 29.8 Å². The van der Waals surface area contributed by atoms with Crippen molar-refractivity contribution in [2.75, 3.05) is 6.61 Å². The Morgan fingerprint density at radius 2 is 1.64 bits per heavy atom. The molecule has 0 N–H and O–H groups in total. The number of para-hydroxylation sites is 1. The zero-order valence-electron chi connectivity index (χ0n) is 9.63. The van der Waals surface area contributed by atoms with E-state index in [1.807, 2.05) is 18.2 Å². The molecule has 0 bridgehead atoms. The van der Waals surface area contributed by atoms with Crippen LogP contribution in [0.4, 0.5) is 0 Å². The Labute approximate surface area is 88.1 Å². The molecule has 14 heavy (non-hydrogen) atoms. The number of hydrogen-bond donors (Lipinski definition) is 0. The maximum Gasteiger partial charge on any atom is 0.122 e. The van der Waals surface area contributed by atoms with E-state index in [0.29, 0.717) is 0 Å². The maximum absolute atomic E-state index is 5.30. The molecule has 0 unspecified atom stereocenters. The van der Waals surface area contributed by atoms with Crippen LogP contribution < -0.4 is 4.74 Å². The van der Waals surface area contributed by atoms with Crippen LogP contribution in [0.15, 0.2) is 24.3 Å². The Kier molecular flexibility index (Phi) is 3.75. The minimum Gasteiger partial charge on any atom is -0.493 e. The van der Waals surface area contributed by atoms with E-state index in [-0.39, 0.29) is 0 Å². The van der Waals surface area contributed by atoms with Crippen molar-refractivity contribution < 1.29 is 4.74 Å². The molecule has 2 rings (SSSR count). The molecule has 0 spiro atoms. The first-order valence-corrected chi connectivity index (χ1v) is 9.17. The fourth-order valence-electron chi connectivity index (χ4n) is 1.12. The van der Waals surface area contributed by atoms with Gasteiger partial charge in [0.15, 0.2) is 0 Å². The minimum absolute atomic E-state index is 0.611. The van der Waals surface area contributed by atoms with E-state index in [0.717, 1.165) is 18.8 Å². The number of ether oxygens (including phenoxy) is 1. The molecule has 0 aromatic heterocycles. The molecule has 1 aromatic carbocycles. The van der Waals surface area contributed by atoms with E-state index < -0.39 is 8.07 Å². The average molecular weight is 208 g/mol. The van der Waals surface area contributed by atoms with Gasteiger partial charge in [0.05, 0.1) is 6.61 Å². The Hall–Kier alpha value is -0.763. The average Bonchev–Trinajstić information content (AvgIpc) is 2.47. The zero-order chi connectivity index (χ0) is 10.6. The number of hydrogen-bond acceptors (Lipinski definition) is 1. The molecule has 0 aliphatic carbocycles. The summed E-state index contributed by atoms with van der Waals surface area (Å²) in [6.45, 7) is 10.2. The molecular formula is C12H20OSi. The van der Waals surface area contributed by atoms with Crippen molar-refractivity contribution in [1.82, 2.24) is 0 Å². The molecule has 0 amide bonds. The van der Waals surface area contributed by atoms with Crippen molar-refractivity contribution in [2.45, 2.75) is 32.6 Å². The van der Waals surface area contributed by atoms with Gasteiger partial charge in [0.1, 0.15) is 5.75 Å². The van der Waals surface area contributed by atoms with E-state index >= 15 is 0 Å². The summed E-state index contributed by atoms with van der Waals surface area (Å²) in [4.78, 5) is 0. The SMILES string of the molecule is C[Si](C)(C)C.c1ccc2c(c1)CCO2. The van der Waals surface area contributed by atoms with Crippen molar-refractivity contribution in [3.8, 4) is 5.75 Å². The summed E-state index contributed by atoms with van der Waals surface area (Å²) in [6, 6.07) is 8.18. The summed E-state index contributed by atoms with van der Waals surface area (Å²) < 4.78 is 5.30. The van der Waals surface area contributed by atoms with Crippen LogP contribution in [0.1, 0.15) is 5.56 Å². The Balaban J connectivity index is 0.000000171. The Morgan fingerprint density at radius 3 is 2.21 bits per heavy atom. The lowest BCUT2D eigenvalue weighted by Crippen LogP contribution is -2.10. The highest BCUT2D eigenvalue weighted by Gasteiger charge is 2.08. The van der Waals surface area contributed by atoms with Gasteiger partial charge in [-0.3, -0.25) is 0 Å². The molecule has 1 aliphatic heterocycles. The van der Waals surface area contributed by atoms with Gasteiger partial charge >= 0.3 is 0 Å². The van der Waals surface area contributed by atoms with Gasteiger partial charge in [-0.1, -0.05) is 44.4 Å². The number of fused-ring (bicyclic) bond motifs is 1. The maximum atomic E-state index is 5.30. The van der Waals surface area contributed by atoms with Gasteiger partial charge in [0.2, 0.25) is 0 Å². The van der Waals surface area contributed by atoms with Crippen LogP contribution in [-0.2, 0) is 6.42 Å². The highest BCUT2D eigenvalue weighted by Crippen LogP contribution is 2.23. The second kappa shape index (κ2) is 4.65. The zero-order valence-corrected chi connectivity index (χ0v) is 10.6. The Morgan fingerprint density at radius 1 is 1.07 bits per heavy atom. The van der Waals surface area contributed by atoms with Gasteiger partial charge in [-0.15, -0.1) is 0 Å². The fourth-order valence-corrected chi connectivity index (χ4v) is 1.12. The van der Waals surface area contributed by atoms with Crippen LogP contribution in [0.3, 0.4) is 0 Å². The van der Waals surface area contributed by atoms with Gasteiger partial charge in [-0.25, -0.2) is 0 Å². The van der Waals surface area contributed by atoms with Crippen LogP contribution in [0, 0.1) is 0 Å². The van der Waals surface area contributed by atoms with E-state index in [2.05, 4.69) is 32.3 Å². The Bertz CT molecular complexity index is 260. The van der Waals surface area contributed by atoms with Crippen molar-refractivity contribution in [2.24, 2.45) is 0 Å². The smallest absolute Gasteiger partial charge is 0.122 e. The van der Waals surface area contributed by atoms with Crippen molar-refractivity contribution >= 4 is 8.07 Å².